The van der Waals surface area contributed by atoms with Gasteiger partial charge < -0.3 is 24.9 Å². The van der Waals surface area contributed by atoms with Gasteiger partial charge >= 0.3 is 0 Å². The summed E-state index contributed by atoms with van der Waals surface area (Å²) in [6, 6.07) is 42.1. The van der Waals surface area contributed by atoms with Gasteiger partial charge in [0.2, 0.25) is 0 Å². The number of aromatic amines is 5. The summed E-state index contributed by atoms with van der Waals surface area (Å²) < 4.78 is 13.7. The summed E-state index contributed by atoms with van der Waals surface area (Å²) in [5.74, 6) is -0.121. The van der Waals surface area contributed by atoms with Crippen molar-refractivity contribution in [1.82, 2.24) is 29.9 Å². The average molecular weight is 1200 g/mol. The minimum atomic E-state index is -0.149. The molecule has 12 aromatic rings. The summed E-state index contributed by atoms with van der Waals surface area (Å²) in [4.78, 5) is 20.7. The highest BCUT2D eigenvalue weighted by atomic mass is 35.5. The van der Waals surface area contributed by atoms with Gasteiger partial charge in [0, 0.05) is 102 Å². The molecule has 88 heavy (non-hydrogen) atoms. The summed E-state index contributed by atoms with van der Waals surface area (Å²) in [7, 11) is 0. The van der Waals surface area contributed by atoms with Crippen LogP contribution in [0.4, 0.5) is 4.39 Å². The molecule has 6 aromatic heterocycles. The number of pyridine rings is 1. The van der Waals surface area contributed by atoms with Gasteiger partial charge in [0.15, 0.2) is 0 Å². The molecule has 8 heteroatoms. The first-order valence-electron chi connectivity index (χ1n) is 31.4. The zero-order chi connectivity index (χ0) is 65.1. The fraction of sp³-hybridized carbons (Fsp3) is 0.388. The molecular weight excluding hydrogens is 1100 g/mol. The van der Waals surface area contributed by atoms with Crippen molar-refractivity contribution >= 4 is 76.9 Å². The maximum Gasteiger partial charge on any atom is 0.127 e. The molecule has 0 spiro atoms. The summed E-state index contributed by atoms with van der Waals surface area (Å²) in [5, 5.41) is 9.44. The molecule has 0 unspecified atom stereocenters. The van der Waals surface area contributed by atoms with Crippen LogP contribution in [0.25, 0.3) is 65.3 Å². The molecule has 5 N–H and O–H groups in total. The van der Waals surface area contributed by atoms with Crippen LogP contribution in [0.1, 0.15) is 203 Å². The van der Waals surface area contributed by atoms with E-state index in [0.717, 1.165) is 39.1 Å². The number of H-pyrrole nitrogens is 5. The molecule has 6 aromatic carbocycles. The van der Waals surface area contributed by atoms with Crippen molar-refractivity contribution in [3.05, 3.63) is 220 Å². The van der Waals surface area contributed by atoms with E-state index in [1.807, 2.05) is 82.1 Å². The van der Waals surface area contributed by atoms with Crippen LogP contribution in [0.3, 0.4) is 0 Å². The Morgan fingerprint density at radius 3 is 1.27 bits per heavy atom. The fourth-order valence-electron chi connectivity index (χ4n) is 11.2. The van der Waals surface area contributed by atoms with Gasteiger partial charge in [-0.2, -0.15) is 0 Å². The van der Waals surface area contributed by atoms with E-state index in [0.29, 0.717) is 0 Å². The Hall–Kier alpha value is -7.35. The molecule has 0 radical (unpaired) electrons. The zero-order valence-electron chi connectivity index (χ0n) is 57.4. The number of aromatic nitrogens is 6. The van der Waals surface area contributed by atoms with E-state index in [9.17, 15) is 4.39 Å². The number of halogens is 2. The molecule has 0 aliphatic carbocycles. The van der Waals surface area contributed by atoms with Gasteiger partial charge in [-0.15, -0.1) is 0 Å². The second-order valence-electron chi connectivity index (χ2n) is 31.1. The van der Waals surface area contributed by atoms with Crippen LogP contribution in [0.5, 0.6) is 0 Å². The first kappa shape index (κ1) is 68.1. The predicted octanol–water partition coefficient (Wildman–Crippen LogP) is 23.8. The maximum atomic E-state index is 13.7. The molecule has 0 atom stereocenters. The molecule has 466 valence electrons. The van der Waals surface area contributed by atoms with Crippen LogP contribution in [-0.2, 0) is 44.3 Å². The van der Waals surface area contributed by atoms with Crippen molar-refractivity contribution < 1.29 is 4.39 Å². The van der Waals surface area contributed by atoms with Crippen LogP contribution in [0.2, 0.25) is 5.02 Å². The molecule has 0 aliphatic rings. The summed E-state index contributed by atoms with van der Waals surface area (Å²) in [6.45, 7) is 50.8. The molecule has 0 amide bonds. The Balaban J connectivity index is 0.000000151. The lowest BCUT2D eigenvalue weighted by Gasteiger charge is -2.30. The highest BCUT2D eigenvalue weighted by Gasteiger charge is 2.27. The number of aryl methyl sites for hydroxylation is 2. The van der Waals surface area contributed by atoms with Crippen molar-refractivity contribution in [3.63, 3.8) is 0 Å². The van der Waals surface area contributed by atoms with Gasteiger partial charge in [-0.25, -0.2) is 4.39 Å². The molecule has 6 nitrogen and oxygen atoms in total. The molecule has 0 saturated heterocycles. The first-order chi connectivity index (χ1) is 40.7. The van der Waals surface area contributed by atoms with Crippen molar-refractivity contribution in [2.24, 2.45) is 0 Å². The van der Waals surface area contributed by atoms with Crippen LogP contribution < -0.4 is 0 Å². The largest absolute Gasteiger partial charge is 0.361 e. The van der Waals surface area contributed by atoms with Gasteiger partial charge in [0.05, 0.1) is 0 Å². The van der Waals surface area contributed by atoms with E-state index in [4.69, 9.17) is 11.6 Å². The number of fused-ring (bicyclic) bond motifs is 6. The van der Waals surface area contributed by atoms with Crippen molar-refractivity contribution in [2.45, 2.75) is 204 Å². The van der Waals surface area contributed by atoms with E-state index in [2.05, 4.69) is 260 Å². The van der Waals surface area contributed by atoms with Gasteiger partial charge in [-0.1, -0.05) is 200 Å². The maximum absolute atomic E-state index is 13.7. The van der Waals surface area contributed by atoms with E-state index < -0.39 is 0 Å². The van der Waals surface area contributed by atoms with E-state index in [-0.39, 0.29) is 43.7 Å². The lowest BCUT2D eigenvalue weighted by atomic mass is 9.75. The molecule has 12 rings (SSSR count). The zero-order valence-corrected chi connectivity index (χ0v) is 58.2. The van der Waals surface area contributed by atoms with Crippen molar-refractivity contribution in [3.8, 4) is 0 Å². The van der Waals surface area contributed by atoms with Crippen molar-refractivity contribution in [1.29, 1.82) is 0 Å². The molecular formula is C80H102ClFN6. The third-order valence-corrected chi connectivity index (χ3v) is 16.6. The van der Waals surface area contributed by atoms with Crippen LogP contribution in [0.15, 0.2) is 159 Å². The third-order valence-electron chi connectivity index (χ3n) is 16.3. The lowest BCUT2D eigenvalue weighted by molar-refractivity contribution is 0.524. The molecule has 0 aliphatic heterocycles. The molecule has 0 fully saturated rings. The summed E-state index contributed by atoms with van der Waals surface area (Å²) in [5.41, 5.74) is 18.4. The Morgan fingerprint density at radius 1 is 0.375 bits per heavy atom. The predicted molar refractivity (Wildman–Crippen MR) is 383 cm³/mol. The molecule has 6 heterocycles. The fourth-order valence-corrected chi connectivity index (χ4v) is 11.7. The number of nitrogens with one attached hydrogen (secondary N) is 5. The van der Waals surface area contributed by atoms with Gasteiger partial charge in [0.25, 0.3) is 0 Å². The standard InChI is InChI=1S/C16H23N.C14H19N.C13H17N.C13H15N.C12H14ClN.C12H14FN/c1-15(2,3)12-9-11-7-8-17-14(11)10-13(12)16(4,5)6;1-5-10-8-11-6-7-15-13(11)9-12(10)14(2,3)4;1-9-8-14-11-7-5-6-10(12(9)11)13(2,3)4;1-13(2,3)12-8-10-6-4-5-7-11(10)9-14-12;2*1-12(2,3)9-7-11-8(4-5-14-11)6-10(9)13/h7-10,17H,1-6H3;6-9,15H,5H2,1-4H3;5-8,14H,1-4H3;4-9H,1-3H3;2*4-7,14H,1-3H3. The van der Waals surface area contributed by atoms with Crippen molar-refractivity contribution in [2.75, 3.05) is 0 Å². The normalized spacial score (nSPS) is 12.4. The Kier molecular flexibility index (Phi) is 20.4. The number of benzene rings is 6. The minimum absolute atomic E-state index is 0.0936. The number of hydrogen-bond acceptors (Lipinski definition) is 1. The van der Waals surface area contributed by atoms with E-state index in [1.54, 1.807) is 6.07 Å². The Morgan fingerprint density at radius 2 is 0.795 bits per heavy atom. The Labute approximate surface area is 531 Å². The van der Waals surface area contributed by atoms with Gasteiger partial charge in [0.1, 0.15) is 5.82 Å². The van der Waals surface area contributed by atoms with Gasteiger partial charge in [-0.3, -0.25) is 4.98 Å². The highest BCUT2D eigenvalue weighted by Crippen LogP contribution is 2.38. The highest BCUT2D eigenvalue weighted by molar-refractivity contribution is 6.32. The third kappa shape index (κ3) is 16.9. The molecule has 0 saturated carbocycles. The summed E-state index contributed by atoms with van der Waals surface area (Å²) in [6.07, 6.45) is 12.9. The second-order valence-corrected chi connectivity index (χ2v) is 31.5. The minimum Gasteiger partial charge on any atom is -0.361 e. The topological polar surface area (TPSA) is 91.8 Å². The SMILES string of the molecule is CC(C)(C)c1cc2[nH]ccc2cc1Cl.CC(C)(C)c1cc2[nH]ccc2cc1F.CC(C)(C)c1cc2cc[nH]c2cc1C(C)(C)C.CC(C)(C)c1cc2ccccc2cn1.CCc1cc2cc[nH]c2cc1C(C)(C)C.Cc1c[nH]c2cccc(C(C)(C)C)c12. The quantitative estimate of drug-likeness (QED) is 0.111. The number of hydrogen-bond donors (Lipinski definition) is 5. The van der Waals surface area contributed by atoms with Crippen LogP contribution in [-0.4, -0.2) is 29.9 Å². The van der Waals surface area contributed by atoms with Crippen LogP contribution >= 0.6 is 11.6 Å². The first-order valence-corrected chi connectivity index (χ1v) is 31.8. The molecule has 0 bridgehead atoms. The Bertz CT molecular complexity index is 4140. The van der Waals surface area contributed by atoms with Gasteiger partial charge in [-0.05, 0) is 191 Å². The second kappa shape index (κ2) is 26.4. The van der Waals surface area contributed by atoms with Crippen LogP contribution in [0, 0.1) is 12.7 Å². The average Bonchev–Trinajstić information content (AvgIpc) is 3.59. The van der Waals surface area contributed by atoms with E-state index >= 15 is 0 Å². The lowest BCUT2D eigenvalue weighted by Crippen LogP contribution is -2.21. The smallest absolute Gasteiger partial charge is 0.127 e. The monoisotopic (exact) mass is 1200 g/mol. The van der Waals surface area contributed by atoms with E-state index in [1.165, 1.54) is 87.8 Å². The number of nitrogens with zero attached hydrogens (tertiary/aromatic N) is 1. The number of rotatable bonds is 1. The summed E-state index contributed by atoms with van der Waals surface area (Å²) >= 11 is 6.23.